The van der Waals surface area contributed by atoms with Gasteiger partial charge in [-0.15, -0.1) is 18.2 Å². The zero-order valence-corrected chi connectivity index (χ0v) is 19.0. The zero-order chi connectivity index (χ0) is 19.1. The largest absolute Gasteiger partial charge is 0.373 e. The maximum Gasteiger partial charge on any atom is 0.106 e. The molecule has 147 valence electrons. The molecule has 2 aromatic carbocycles. The summed E-state index contributed by atoms with van der Waals surface area (Å²) in [5.41, 5.74) is 6.25. The summed E-state index contributed by atoms with van der Waals surface area (Å²) in [6, 6.07) is 13.6. The summed E-state index contributed by atoms with van der Waals surface area (Å²) in [7, 11) is 1.97. The number of benzene rings is 2. The molecule has 2 aromatic heterocycles. The van der Waals surface area contributed by atoms with Gasteiger partial charge in [-0.25, -0.2) is 4.68 Å². The molecule has 6 nitrogen and oxygen atoms in total. The second kappa shape index (κ2) is 7.94. The van der Waals surface area contributed by atoms with Crippen LogP contribution in [-0.2, 0) is 27.2 Å². The van der Waals surface area contributed by atoms with Crippen molar-refractivity contribution in [2.75, 3.05) is 0 Å². The van der Waals surface area contributed by atoms with Crippen molar-refractivity contribution in [1.29, 1.82) is 0 Å². The molecule has 2 heterocycles. The molecule has 0 fully saturated rings. The average molecular weight is 552 g/mol. The van der Waals surface area contributed by atoms with E-state index in [1.54, 1.807) is 6.33 Å². The maximum atomic E-state index is 4.45. The molecule has 0 N–H and O–H groups in total. The molecule has 0 amide bonds. The van der Waals surface area contributed by atoms with Gasteiger partial charge in [0.2, 0.25) is 0 Å². The normalized spacial score (nSPS) is 11.4. The van der Waals surface area contributed by atoms with E-state index in [0.717, 1.165) is 22.3 Å². The van der Waals surface area contributed by atoms with Crippen molar-refractivity contribution in [3.63, 3.8) is 0 Å². The molecule has 1 radical (unpaired) electrons. The fraction of sp³-hybridized carbons (Fsp3) is 0.333. The van der Waals surface area contributed by atoms with Gasteiger partial charge in [-0.3, -0.25) is 4.98 Å². The molecular formula is C21H23IrN6-. The Kier molecular flexibility index (Phi) is 5.77. The Morgan fingerprint density at radius 3 is 2.32 bits per heavy atom. The van der Waals surface area contributed by atoms with Crippen LogP contribution in [0.2, 0.25) is 0 Å². The first-order valence-electron chi connectivity index (χ1n) is 9.22. The molecule has 0 aliphatic heterocycles. The van der Waals surface area contributed by atoms with Crippen LogP contribution in [0.5, 0.6) is 0 Å². The van der Waals surface area contributed by atoms with Crippen molar-refractivity contribution in [3.05, 3.63) is 53.9 Å². The molecular weight excluding hydrogens is 528 g/mol. The Morgan fingerprint density at radius 1 is 1.00 bits per heavy atom. The first kappa shape index (κ1) is 20.4. The Bertz CT molecular complexity index is 1080. The second-order valence-corrected chi connectivity index (χ2v) is 7.45. The van der Waals surface area contributed by atoms with Crippen molar-refractivity contribution >= 4 is 11.0 Å². The van der Waals surface area contributed by atoms with E-state index in [1.165, 1.54) is 11.1 Å². The number of aryl methyl sites for hydroxylation is 1. The van der Waals surface area contributed by atoms with E-state index in [2.05, 4.69) is 72.5 Å². The van der Waals surface area contributed by atoms with Crippen LogP contribution in [0.4, 0.5) is 0 Å². The number of rotatable bonds is 4. The third-order valence-electron chi connectivity index (χ3n) is 4.92. The van der Waals surface area contributed by atoms with Gasteiger partial charge in [0.15, 0.2) is 0 Å². The third kappa shape index (κ3) is 3.29. The fourth-order valence-electron chi connectivity index (χ4n) is 3.57. The number of tetrazole rings is 1. The summed E-state index contributed by atoms with van der Waals surface area (Å²) in [6.45, 7) is 8.78. The van der Waals surface area contributed by atoms with Gasteiger partial charge < -0.3 is 4.57 Å². The van der Waals surface area contributed by atoms with Gasteiger partial charge in [-0.05, 0) is 38.9 Å². The minimum atomic E-state index is 0. The zero-order valence-electron chi connectivity index (χ0n) is 16.6. The van der Waals surface area contributed by atoms with Crippen molar-refractivity contribution in [3.8, 4) is 17.1 Å². The van der Waals surface area contributed by atoms with Gasteiger partial charge in [0.25, 0.3) is 0 Å². The van der Waals surface area contributed by atoms with Crippen LogP contribution >= 0.6 is 0 Å². The predicted octanol–water partition coefficient (Wildman–Crippen LogP) is 4.26. The second-order valence-electron chi connectivity index (χ2n) is 7.45. The Hall–Kier alpha value is -2.37. The summed E-state index contributed by atoms with van der Waals surface area (Å²) in [6.07, 6.45) is 1.80. The van der Waals surface area contributed by atoms with Crippen LogP contribution in [0.3, 0.4) is 0 Å². The number of para-hydroxylation sites is 1. The van der Waals surface area contributed by atoms with Gasteiger partial charge in [-0.1, -0.05) is 51.5 Å². The molecule has 0 spiro atoms. The van der Waals surface area contributed by atoms with Crippen molar-refractivity contribution in [2.45, 2.75) is 39.5 Å². The van der Waals surface area contributed by atoms with E-state index in [0.29, 0.717) is 17.7 Å². The summed E-state index contributed by atoms with van der Waals surface area (Å²) < 4.78 is 3.85. The summed E-state index contributed by atoms with van der Waals surface area (Å²) in [5, 5.41) is 12.7. The van der Waals surface area contributed by atoms with E-state index in [-0.39, 0.29) is 20.1 Å². The number of hydrogen-bond donors (Lipinski definition) is 0. The standard InChI is InChI=1S/C21H23N6.Ir/c1-13(2)15-8-6-9-16(14(3)4)19(15)27-21(23-24-25-27)17-10-7-11-18-20(17)26(5)12-22-18;/h6-9,11-14H,1-5H3;/q-1;. The van der Waals surface area contributed by atoms with E-state index >= 15 is 0 Å². The minimum absolute atomic E-state index is 0. The number of nitrogens with zero attached hydrogens (tertiary/aromatic N) is 6. The van der Waals surface area contributed by atoms with Gasteiger partial charge in [0.05, 0.1) is 12.0 Å². The molecule has 0 bridgehead atoms. The number of hydrogen-bond acceptors (Lipinski definition) is 4. The fourth-order valence-corrected chi connectivity index (χ4v) is 3.57. The molecule has 0 saturated heterocycles. The molecule has 4 rings (SSSR count). The molecule has 0 atom stereocenters. The number of aromatic nitrogens is 6. The van der Waals surface area contributed by atoms with Gasteiger partial charge in [0.1, 0.15) is 5.82 Å². The van der Waals surface area contributed by atoms with Gasteiger partial charge >= 0.3 is 0 Å². The number of fused-ring (bicyclic) bond motifs is 1. The SMILES string of the molecule is CC(C)c1cccc(C(C)C)c1-n1nnnc1-c1[c-]ccc2ncn(C)c12.[Ir]. The molecule has 0 unspecified atom stereocenters. The van der Waals surface area contributed by atoms with E-state index < -0.39 is 0 Å². The molecule has 7 heteroatoms. The molecule has 0 aliphatic rings. The molecule has 28 heavy (non-hydrogen) atoms. The van der Waals surface area contributed by atoms with Crippen LogP contribution in [-0.4, -0.2) is 29.8 Å². The Morgan fingerprint density at radius 2 is 1.68 bits per heavy atom. The van der Waals surface area contributed by atoms with Gasteiger partial charge in [0, 0.05) is 32.7 Å². The first-order chi connectivity index (χ1) is 13.0. The molecule has 0 aliphatic carbocycles. The predicted molar refractivity (Wildman–Crippen MR) is 106 cm³/mol. The maximum absolute atomic E-state index is 4.45. The summed E-state index contributed by atoms with van der Waals surface area (Å²) in [5.74, 6) is 1.39. The van der Waals surface area contributed by atoms with Crippen molar-refractivity contribution < 1.29 is 20.1 Å². The number of imidazole rings is 1. The Balaban J connectivity index is 0.00000225. The minimum Gasteiger partial charge on any atom is -0.373 e. The van der Waals surface area contributed by atoms with Crippen LogP contribution in [0.25, 0.3) is 28.1 Å². The monoisotopic (exact) mass is 552 g/mol. The van der Waals surface area contributed by atoms with E-state index in [9.17, 15) is 0 Å². The smallest absolute Gasteiger partial charge is 0.106 e. The van der Waals surface area contributed by atoms with Crippen LogP contribution < -0.4 is 0 Å². The van der Waals surface area contributed by atoms with Crippen molar-refractivity contribution in [1.82, 2.24) is 29.8 Å². The quantitative estimate of drug-likeness (QED) is 0.356. The molecule has 4 aromatic rings. The van der Waals surface area contributed by atoms with Crippen LogP contribution in [0, 0.1) is 6.07 Å². The van der Waals surface area contributed by atoms with Crippen molar-refractivity contribution in [2.24, 2.45) is 7.05 Å². The first-order valence-corrected chi connectivity index (χ1v) is 9.22. The topological polar surface area (TPSA) is 61.4 Å². The summed E-state index contributed by atoms with van der Waals surface area (Å²) >= 11 is 0. The van der Waals surface area contributed by atoms with E-state index in [4.69, 9.17) is 0 Å². The van der Waals surface area contributed by atoms with Crippen LogP contribution in [0.15, 0.2) is 36.7 Å². The summed E-state index contributed by atoms with van der Waals surface area (Å²) in [4.78, 5) is 4.45. The van der Waals surface area contributed by atoms with Crippen LogP contribution in [0.1, 0.15) is 50.7 Å². The average Bonchev–Trinajstić information content (AvgIpc) is 3.28. The Labute approximate surface area is 178 Å². The third-order valence-corrected chi connectivity index (χ3v) is 4.92. The van der Waals surface area contributed by atoms with E-state index in [1.807, 2.05) is 28.4 Å². The molecule has 0 saturated carbocycles. The van der Waals surface area contributed by atoms with Gasteiger partial charge in [-0.2, -0.15) is 5.10 Å².